The third kappa shape index (κ3) is 6.11. The first-order valence-electron chi connectivity index (χ1n) is 11.4. The van der Waals surface area contributed by atoms with E-state index in [4.69, 9.17) is 14.6 Å². The van der Waals surface area contributed by atoms with Crippen molar-refractivity contribution < 1.29 is 14.6 Å². The van der Waals surface area contributed by atoms with Crippen LogP contribution in [0.15, 0.2) is 54.6 Å². The van der Waals surface area contributed by atoms with Crippen molar-refractivity contribution in [1.82, 2.24) is 14.7 Å². The minimum Gasteiger partial charge on any atom is -0.497 e. The molecule has 0 saturated heterocycles. The van der Waals surface area contributed by atoms with Gasteiger partial charge in [0.2, 0.25) is 5.88 Å². The van der Waals surface area contributed by atoms with Crippen LogP contribution in [0.25, 0.3) is 11.3 Å². The highest BCUT2D eigenvalue weighted by Crippen LogP contribution is 2.34. The zero-order chi connectivity index (χ0) is 22.9. The predicted molar refractivity (Wildman–Crippen MR) is 128 cm³/mol. The lowest BCUT2D eigenvalue weighted by Gasteiger charge is -2.25. The minimum absolute atomic E-state index is 0.339. The summed E-state index contributed by atoms with van der Waals surface area (Å²) in [5, 5.41) is 15.3. The normalized spacial score (nSPS) is 12.2. The molecule has 0 amide bonds. The quantitative estimate of drug-likeness (QED) is 0.419. The zero-order valence-electron chi connectivity index (χ0n) is 19.6. The van der Waals surface area contributed by atoms with Crippen molar-refractivity contribution in [3.8, 4) is 28.6 Å². The standard InChI is InChI=1S/C26H35N3O3/c1-5-10-21(30)18-29(17-6-2)19-24-25(20-11-8-7-9-12-20)27-28(3)26(24)32-23-15-13-22(31-4)14-16-23/h7-9,11-16,21,30H,5-6,10,17-19H2,1-4H3/t21-/m0/s1. The Morgan fingerprint density at radius 1 is 1.00 bits per heavy atom. The minimum atomic E-state index is -0.339. The Morgan fingerprint density at radius 2 is 1.69 bits per heavy atom. The smallest absolute Gasteiger partial charge is 0.222 e. The maximum absolute atomic E-state index is 10.5. The fourth-order valence-corrected chi connectivity index (χ4v) is 3.90. The predicted octanol–water partition coefficient (Wildman–Crippen LogP) is 5.26. The second kappa shape index (κ2) is 11.7. The van der Waals surface area contributed by atoms with Crippen LogP contribution >= 0.6 is 0 Å². The molecule has 6 nitrogen and oxygen atoms in total. The molecule has 6 heteroatoms. The fourth-order valence-electron chi connectivity index (χ4n) is 3.90. The first-order chi connectivity index (χ1) is 15.5. The molecule has 0 spiro atoms. The van der Waals surface area contributed by atoms with Crippen LogP contribution in [0.2, 0.25) is 0 Å². The molecular formula is C26H35N3O3. The number of rotatable bonds is 12. The van der Waals surface area contributed by atoms with Gasteiger partial charge in [-0.15, -0.1) is 0 Å². The van der Waals surface area contributed by atoms with Crippen molar-refractivity contribution in [2.45, 2.75) is 45.8 Å². The molecule has 1 atom stereocenters. The van der Waals surface area contributed by atoms with E-state index in [1.165, 1.54) is 0 Å². The average molecular weight is 438 g/mol. The number of methoxy groups -OCH3 is 1. The van der Waals surface area contributed by atoms with Gasteiger partial charge in [0.25, 0.3) is 0 Å². The van der Waals surface area contributed by atoms with Crippen LogP contribution in [-0.4, -0.2) is 46.1 Å². The van der Waals surface area contributed by atoms with Crippen LogP contribution in [0.5, 0.6) is 17.4 Å². The molecule has 1 heterocycles. The highest BCUT2D eigenvalue weighted by molar-refractivity contribution is 5.65. The molecular weight excluding hydrogens is 402 g/mol. The molecule has 0 aliphatic carbocycles. The lowest BCUT2D eigenvalue weighted by molar-refractivity contribution is 0.100. The Balaban J connectivity index is 1.97. The van der Waals surface area contributed by atoms with E-state index >= 15 is 0 Å². The van der Waals surface area contributed by atoms with E-state index in [0.717, 1.165) is 54.1 Å². The maximum Gasteiger partial charge on any atom is 0.222 e. The molecule has 2 aromatic carbocycles. The molecule has 1 aromatic heterocycles. The van der Waals surface area contributed by atoms with E-state index < -0.39 is 0 Å². The number of aryl methyl sites for hydroxylation is 1. The summed E-state index contributed by atoms with van der Waals surface area (Å²) in [5.41, 5.74) is 2.97. The van der Waals surface area contributed by atoms with Gasteiger partial charge in [0, 0.05) is 25.7 Å². The third-order valence-electron chi connectivity index (χ3n) is 5.42. The van der Waals surface area contributed by atoms with E-state index in [0.29, 0.717) is 19.0 Å². The van der Waals surface area contributed by atoms with E-state index in [9.17, 15) is 5.11 Å². The van der Waals surface area contributed by atoms with E-state index in [2.05, 4.69) is 30.9 Å². The highest BCUT2D eigenvalue weighted by atomic mass is 16.5. The van der Waals surface area contributed by atoms with Gasteiger partial charge < -0.3 is 14.6 Å². The van der Waals surface area contributed by atoms with Crippen LogP contribution in [0.4, 0.5) is 0 Å². The molecule has 0 unspecified atom stereocenters. The molecule has 0 aliphatic heterocycles. The summed E-state index contributed by atoms with van der Waals surface area (Å²) in [6, 6.07) is 17.7. The van der Waals surface area contributed by atoms with Gasteiger partial charge in [0.05, 0.1) is 18.8 Å². The molecule has 0 bridgehead atoms. The van der Waals surface area contributed by atoms with Gasteiger partial charge in [0.15, 0.2) is 0 Å². The number of aliphatic hydroxyl groups excluding tert-OH is 1. The van der Waals surface area contributed by atoms with Crippen LogP contribution in [0.3, 0.4) is 0 Å². The van der Waals surface area contributed by atoms with Crippen molar-refractivity contribution in [1.29, 1.82) is 0 Å². The Hall–Kier alpha value is -2.83. The summed E-state index contributed by atoms with van der Waals surface area (Å²) in [6.45, 7) is 6.44. The number of hydrogen-bond acceptors (Lipinski definition) is 5. The largest absolute Gasteiger partial charge is 0.497 e. The second-order valence-electron chi connectivity index (χ2n) is 8.08. The number of ether oxygens (including phenoxy) is 2. The van der Waals surface area contributed by atoms with Gasteiger partial charge in [-0.05, 0) is 43.7 Å². The number of benzene rings is 2. The summed E-state index contributed by atoms with van der Waals surface area (Å²) in [6.07, 6.45) is 2.44. The Kier molecular flexibility index (Phi) is 8.71. The van der Waals surface area contributed by atoms with E-state index in [-0.39, 0.29) is 6.10 Å². The topological polar surface area (TPSA) is 59.8 Å². The Labute approximate surface area is 191 Å². The van der Waals surface area contributed by atoms with Crippen molar-refractivity contribution in [3.63, 3.8) is 0 Å². The van der Waals surface area contributed by atoms with Crippen molar-refractivity contribution >= 4 is 0 Å². The van der Waals surface area contributed by atoms with Gasteiger partial charge >= 0.3 is 0 Å². The van der Waals surface area contributed by atoms with Gasteiger partial charge in [-0.2, -0.15) is 5.10 Å². The first kappa shape index (κ1) is 23.8. The average Bonchev–Trinajstić information content (AvgIpc) is 3.10. The zero-order valence-corrected chi connectivity index (χ0v) is 19.6. The fraction of sp³-hybridized carbons (Fsp3) is 0.423. The lowest BCUT2D eigenvalue weighted by atomic mass is 10.1. The summed E-state index contributed by atoms with van der Waals surface area (Å²) in [4.78, 5) is 2.30. The van der Waals surface area contributed by atoms with Crippen molar-refractivity contribution in [3.05, 3.63) is 60.2 Å². The Morgan fingerprint density at radius 3 is 2.31 bits per heavy atom. The molecule has 0 aliphatic rings. The molecule has 3 aromatic rings. The van der Waals surface area contributed by atoms with Gasteiger partial charge in [-0.3, -0.25) is 4.90 Å². The number of aliphatic hydroxyl groups is 1. The van der Waals surface area contributed by atoms with Gasteiger partial charge in [-0.25, -0.2) is 4.68 Å². The molecule has 1 N–H and O–H groups in total. The molecule has 32 heavy (non-hydrogen) atoms. The summed E-state index contributed by atoms with van der Waals surface area (Å²) in [7, 11) is 3.56. The summed E-state index contributed by atoms with van der Waals surface area (Å²) >= 11 is 0. The van der Waals surface area contributed by atoms with E-state index in [1.54, 1.807) is 11.8 Å². The van der Waals surface area contributed by atoms with E-state index in [1.807, 2.05) is 49.5 Å². The molecule has 3 rings (SSSR count). The second-order valence-corrected chi connectivity index (χ2v) is 8.08. The molecule has 172 valence electrons. The third-order valence-corrected chi connectivity index (χ3v) is 5.42. The number of nitrogens with zero attached hydrogens (tertiary/aromatic N) is 3. The first-order valence-corrected chi connectivity index (χ1v) is 11.4. The SMILES string of the molecule is CCC[C@H](O)CN(CCC)Cc1c(-c2ccccc2)nn(C)c1Oc1ccc(OC)cc1. The van der Waals surface area contributed by atoms with Crippen LogP contribution in [0, 0.1) is 0 Å². The van der Waals surface area contributed by atoms with Crippen LogP contribution in [-0.2, 0) is 13.6 Å². The Bertz CT molecular complexity index is 954. The number of hydrogen-bond donors (Lipinski definition) is 1. The monoisotopic (exact) mass is 437 g/mol. The van der Waals surface area contributed by atoms with Crippen molar-refractivity contribution in [2.24, 2.45) is 7.05 Å². The van der Waals surface area contributed by atoms with Crippen molar-refractivity contribution in [2.75, 3.05) is 20.2 Å². The molecule has 0 radical (unpaired) electrons. The maximum atomic E-state index is 10.5. The van der Waals surface area contributed by atoms with Crippen LogP contribution in [0.1, 0.15) is 38.7 Å². The van der Waals surface area contributed by atoms with Crippen LogP contribution < -0.4 is 9.47 Å². The molecule has 0 saturated carbocycles. The summed E-state index contributed by atoms with van der Waals surface area (Å²) < 4.78 is 13.4. The highest BCUT2D eigenvalue weighted by Gasteiger charge is 2.23. The van der Waals surface area contributed by atoms with Gasteiger partial charge in [0.1, 0.15) is 17.2 Å². The molecule has 0 fully saturated rings. The van der Waals surface area contributed by atoms with Gasteiger partial charge in [-0.1, -0.05) is 50.6 Å². The summed E-state index contributed by atoms with van der Waals surface area (Å²) in [5.74, 6) is 2.22. The number of aromatic nitrogens is 2. The lowest BCUT2D eigenvalue weighted by Crippen LogP contribution is -2.32.